The number of benzene rings is 2. The smallest absolute Gasteiger partial charge is 0.212 e. The first kappa shape index (κ1) is 19.6. The Kier molecular flexibility index (Phi) is 6.17. The molecule has 0 atom stereocenters. The number of halogens is 1. The molecule has 4 nitrogen and oxygen atoms in total. The second-order valence-corrected chi connectivity index (χ2v) is 7.72. The van der Waals surface area contributed by atoms with Crippen LogP contribution < -0.4 is 9.47 Å². The summed E-state index contributed by atoms with van der Waals surface area (Å²) >= 11 is 8.03. The Bertz CT molecular complexity index is 1060. The highest BCUT2D eigenvalue weighted by atomic mass is 35.5. The Hall–Kier alpha value is -2.76. The van der Waals surface area contributed by atoms with Gasteiger partial charge in [0.05, 0.1) is 23.9 Å². The van der Waals surface area contributed by atoms with E-state index >= 15 is 0 Å². The van der Waals surface area contributed by atoms with E-state index in [1.54, 1.807) is 11.3 Å². The van der Waals surface area contributed by atoms with Gasteiger partial charge >= 0.3 is 0 Å². The van der Waals surface area contributed by atoms with Crippen LogP contribution in [-0.2, 0) is 6.54 Å². The second kappa shape index (κ2) is 9.16. The van der Waals surface area contributed by atoms with E-state index in [-0.39, 0.29) is 0 Å². The van der Waals surface area contributed by atoms with E-state index in [9.17, 15) is 0 Å². The van der Waals surface area contributed by atoms with Crippen molar-refractivity contribution in [2.45, 2.75) is 13.5 Å². The number of aromatic nitrogens is 2. The van der Waals surface area contributed by atoms with E-state index in [2.05, 4.69) is 11.4 Å². The zero-order valence-electron chi connectivity index (χ0n) is 16.0. The van der Waals surface area contributed by atoms with Gasteiger partial charge in [-0.05, 0) is 36.1 Å². The molecule has 2 aromatic carbocycles. The molecule has 4 aromatic rings. The minimum absolute atomic E-state index is 0.434. The lowest BCUT2D eigenvalue weighted by molar-refractivity contribution is 0.260. The van der Waals surface area contributed by atoms with E-state index in [0.717, 1.165) is 22.7 Å². The fourth-order valence-corrected chi connectivity index (χ4v) is 3.92. The van der Waals surface area contributed by atoms with Crippen molar-refractivity contribution in [2.75, 3.05) is 13.2 Å². The number of hydrogen-bond acceptors (Lipinski definition) is 4. The standard InChI is InChI=1S/C23H21ClN2O2S/c1-2-27-23-16-20(17-7-4-3-5-8-17)25-26(23)12-13-28-21-15-18(10-11-19(21)24)22-9-6-14-29-22/h3-11,14-16H,2,12-13H2,1H3. The third kappa shape index (κ3) is 4.63. The topological polar surface area (TPSA) is 36.3 Å². The van der Waals surface area contributed by atoms with Crippen molar-refractivity contribution in [3.05, 3.63) is 77.1 Å². The molecule has 0 aliphatic carbocycles. The Labute approximate surface area is 179 Å². The van der Waals surface area contributed by atoms with Crippen LogP contribution in [0.4, 0.5) is 0 Å². The first-order valence-electron chi connectivity index (χ1n) is 9.47. The minimum atomic E-state index is 0.434. The van der Waals surface area contributed by atoms with Crippen molar-refractivity contribution >= 4 is 22.9 Å². The summed E-state index contributed by atoms with van der Waals surface area (Å²) in [6, 6.07) is 22.0. The van der Waals surface area contributed by atoms with Crippen LogP contribution >= 0.6 is 22.9 Å². The van der Waals surface area contributed by atoms with Crippen molar-refractivity contribution in [1.82, 2.24) is 9.78 Å². The van der Waals surface area contributed by atoms with Gasteiger partial charge in [0, 0.05) is 16.5 Å². The number of ether oxygens (including phenoxy) is 2. The average molecular weight is 425 g/mol. The van der Waals surface area contributed by atoms with Crippen LogP contribution in [0.2, 0.25) is 5.02 Å². The molecule has 0 amide bonds. The van der Waals surface area contributed by atoms with Crippen LogP contribution in [0.3, 0.4) is 0 Å². The van der Waals surface area contributed by atoms with Crippen molar-refractivity contribution in [3.8, 4) is 33.3 Å². The van der Waals surface area contributed by atoms with Gasteiger partial charge in [0.15, 0.2) is 0 Å². The summed E-state index contributed by atoms with van der Waals surface area (Å²) in [4.78, 5) is 1.18. The Morgan fingerprint density at radius 2 is 1.83 bits per heavy atom. The monoisotopic (exact) mass is 424 g/mol. The Morgan fingerprint density at radius 3 is 2.59 bits per heavy atom. The molecule has 0 unspecified atom stereocenters. The highest BCUT2D eigenvalue weighted by Gasteiger charge is 2.11. The lowest BCUT2D eigenvalue weighted by Crippen LogP contribution is -2.11. The molecule has 29 heavy (non-hydrogen) atoms. The molecule has 2 aromatic heterocycles. The molecule has 0 saturated heterocycles. The SMILES string of the molecule is CCOc1cc(-c2ccccc2)nn1CCOc1cc(-c2cccs2)ccc1Cl. The summed E-state index contributed by atoms with van der Waals surface area (Å²) in [5.74, 6) is 1.40. The number of nitrogens with zero attached hydrogens (tertiary/aromatic N) is 2. The van der Waals surface area contributed by atoms with Gasteiger partial charge in [0.1, 0.15) is 12.4 Å². The van der Waals surface area contributed by atoms with Crippen LogP contribution in [0.25, 0.3) is 21.7 Å². The molecule has 0 bridgehead atoms. The summed E-state index contributed by atoms with van der Waals surface area (Å²) in [5, 5.41) is 7.35. The number of rotatable bonds is 8. The van der Waals surface area contributed by atoms with Gasteiger partial charge in [-0.15, -0.1) is 11.3 Å². The first-order valence-corrected chi connectivity index (χ1v) is 10.7. The maximum Gasteiger partial charge on any atom is 0.212 e. The summed E-state index contributed by atoms with van der Waals surface area (Å²) < 4.78 is 13.6. The van der Waals surface area contributed by atoms with Gasteiger partial charge in [0.2, 0.25) is 5.88 Å². The second-order valence-electron chi connectivity index (χ2n) is 6.36. The largest absolute Gasteiger partial charge is 0.490 e. The predicted octanol–water partition coefficient (Wildman–Crippen LogP) is 6.41. The summed E-state index contributed by atoms with van der Waals surface area (Å²) in [5.41, 5.74) is 3.03. The zero-order valence-corrected chi connectivity index (χ0v) is 17.6. The molecule has 148 valence electrons. The predicted molar refractivity (Wildman–Crippen MR) is 119 cm³/mol. The third-order valence-electron chi connectivity index (χ3n) is 4.40. The lowest BCUT2D eigenvalue weighted by Gasteiger charge is -2.11. The maximum absolute atomic E-state index is 6.34. The van der Waals surface area contributed by atoms with Crippen molar-refractivity contribution in [2.24, 2.45) is 0 Å². The van der Waals surface area contributed by atoms with E-state index in [4.69, 9.17) is 26.2 Å². The third-order valence-corrected chi connectivity index (χ3v) is 5.63. The van der Waals surface area contributed by atoms with E-state index in [1.165, 1.54) is 4.88 Å². The van der Waals surface area contributed by atoms with E-state index in [1.807, 2.05) is 72.3 Å². The summed E-state index contributed by atoms with van der Waals surface area (Å²) in [6.07, 6.45) is 0. The molecule has 2 heterocycles. The Morgan fingerprint density at radius 1 is 0.966 bits per heavy atom. The number of thiophene rings is 1. The van der Waals surface area contributed by atoms with Crippen LogP contribution in [0.5, 0.6) is 11.6 Å². The van der Waals surface area contributed by atoms with Gasteiger partial charge in [-0.3, -0.25) is 0 Å². The Balaban J connectivity index is 1.48. The fourth-order valence-electron chi connectivity index (χ4n) is 3.03. The lowest BCUT2D eigenvalue weighted by atomic mass is 10.2. The molecular weight excluding hydrogens is 404 g/mol. The molecule has 0 fully saturated rings. The molecule has 0 radical (unpaired) electrons. The highest BCUT2D eigenvalue weighted by Crippen LogP contribution is 2.33. The van der Waals surface area contributed by atoms with Crippen molar-refractivity contribution in [3.63, 3.8) is 0 Å². The molecular formula is C23H21ClN2O2S. The summed E-state index contributed by atoms with van der Waals surface area (Å²) in [7, 11) is 0. The number of hydrogen-bond donors (Lipinski definition) is 0. The van der Waals surface area contributed by atoms with Gasteiger partial charge in [-0.25, -0.2) is 4.68 Å². The molecule has 0 aliphatic rings. The highest BCUT2D eigenvalue weighted by molar-refractivity contribution is 7.13. The molecule has 0 spiro atoms. The zero-order chi connectivity index (χ0) is 20.1. The van der Waals surface area contributed by atoms with Crippen molar-refractivity contribution in [1.29, 1.82) is 0 Å². The summed E-state index contributed by atoms with van der Waals surface area (Å²) in [6.45, 7) is 3.53. The van der Waals surface area contributed by atoms with Crippen LogP contribution in [-0.4, -0.2) is 23.0 Å². The van der Waals surface area contributed by atoms with E-state index in [0.29, 0.717) is 30.5 Å². The average Bonchev–Trinajstić information content (AvgIpc) is 3.41. The molecule has 6 heteroatoms. The van der Waals surface area contributed by atoms with Crippen LogP contribution in [0, 0.1) is 0 Å². The van der Waals surface area contributed by atoms with Gasteiger partial charge < -0.3 is 9.47 Å². The molecule has 0 N–H and O–H groups in total. The van der Waals surface area contributed by atoms with Crippen LogP contribution in [0.15, 0.2) is 72.1 Å². The minimum Gasteiger partial charge on any atom is -0.490 e. The first-order chi connectivity index (χ1) is 14.2. The van der Waals surface area contributed by atoms with Crippen LogP contribution in [0.1, 0.15) is 6.92 Å². The molecule has 0 aliphatic heterocycles. The van der Waals surface area contributed by atoms with Gasteiger partial charge in [-0.1, -0.05) is 54.1 Å². The van der Waals surface area contributed by atoms with E-state index < -0.39 is 0 Å². The van der Waals surface area contributed by atoms with Gasteiger partial charge in [-0.2, -0.15) is 5.10 Å². The quantitative estimate of drug-likeness (QED) is 0.328. The normalized spacial score (nSPS) is 10.8. The van der Waals surface area contributed by atoms with Crippen molar-refractivity contribution < 1.29 is 9.47 Å². The maximum atomic E-state index is 6.34. The molecule has 4 rings (SSSR count). The molecule has 0 saturated carbocycles. The van der Waals surface area contributed by atoms with Gasteiger partial charge in [0.25, 0.3) is 0 Å². The fraction of sp³-hybridized carbons (Fsp3) is 0.174.